The zero-order valence-electron chi connectivity index (χ0n) is 10.5. The number of hydrogen-bond donors (Lipinski definition) is 1. The molecule has 0 radical (unpaired) electrons. The number of aryl methyl sites for hydroxylation is 1. The summed E-state index contributed by atoms with van der Waals surface area (Å²) in [5, 5.41) is 3.70. The van der Waals surface area contributed by atoms with Crippen molar-refractivity contribution in [3.05, 3.63) is 45.6 Å². The molecule has 0 atom stereocenters. The lowest BCUT2D eigenvalue weighted by Gasteiger charge is -2.11. The molecule has 0 saturated carbocycles. The maximum atomic E-state index is 13.7. The van der Waals surface area contributed by atoms with Gasteiger partial charge in [0, 0.05) is 17.0 Å². The van der Waals surface area contributed by atoms with Crippen LogP contribution in [0.1, 0.15) is 18.3 Å². The number of aromatic nitrogens is 2. The molecule has 1 aromatic heterocycles. The van der Waals surface area contributed by atoms with Gasteiger partial charge < -0.3 is 5.32 Å². The second kappa shape index (κ2) is 5.72. The van der Waals surface area contributed by atoms with Crippen LogP contribution >= 0.6 is 23.2 Å². The summed E-state index contributed by atoms with van der Waals surface area (Å²) in [4.78, 5) is 8.43. The Morgan fingerprint density at radius 3 is 2.68 bits per heavy atom. The van der Waals surface area contributed by atoms with Crippen LogP contribution in [0.2, 0.25) is 10.2 Å². The number of rotatable bonds is 3. The first kappa shape index (κ1) is 14.0. The third-order valence-corrected chi connectivity index (χ3v) is 3.23. The van der Waals surface area contributed by atoms with E-state index in [1.54, 1.807) is 6.92 Å². The lowest BCUT2D eigenvalue weighted by atomic mass is 10.2. The van der Waals surface area contributed by atoms with E-state index in [0.717, 1.165) is 0 Å². The topological polar surface area (TPSA) is 37.8 Å². The smallest absolute Gasteiger partial charge is 0.146 e. The predicted octanol–water partition coefficient (Wildman–Crippen LogP) is 4.54. The number of halogens is 3. The van der Waals surface area contributed by atoms with Gasteiger partial charge in [-0.05, 0) is 25.1 Å². The van der Waals surface area contributed by atoms with E-state index in [0.29, 0.717) is 33.8 Å². The van der Waals surface area contributed by atoms with Crippen molar-refractivity contribution in [1.29, 1.82) is 0 Å². The maximum absolute atomic E-state index is 13.7. The van der Waals surface area contributed by atoms with Crippen LogP contribution in [-0.4, -0.2) is 9.97 Å². The van der Waals surface area contributed by atoms with E-state index in [4.69, 9.17) is 23.2 Å². The summed E-state index contributed by atoms with van der Waals surface area (Å²) in [7, 11) is 0. The molecule has 0 aliphatic heterocycles. The second-order valence-electron chi connectivity index (χ2n) is 4.01. The van der Waals surface area contributed by atoms with E-state index >= 15 is 0 Å². The summed E-state index contributed by atoms with van der Waals surface area (Å²) in [5.74, 6) is 0.676. The number of benzene rings is 1. The minimum absolute atomic E-state index is 0.257. The first-order chi connectivity index (χ1) is 9.01. The second-order valence-corrected chi connectivity index (χ2v) is 4.80. The summed E-state index contributed by atoms with van der Waals surface area (Å²) in [6.45, 7) is 3.69. The molecular weight excluding hydrogens is 288 g/mol. The Bertz CT molecular complexity index is 617. The molecule has 0 saturated heterocycles. The van der Waals surface area contributed by atoms with Gasteiger partial charge in [0.25, 0.3) is 0 Å². The van der Waals surface area contributed by atoms with Gasteiger partial charge in [-0.3, -0.25) is 0 Å². The van der Waals surface area contributed by atoms with Crippen molar-refractivity contribution in [2.75, 3.05) is 5.32 Å². The lowest BCUT2D eigenvalue weighted by Crippen LogP contribution is -2.04. The fraction of sp³-hybridized carbons (Fsp3) is 0.231. The van der Waals surface area contributed by atoms with E-state index < -0.39 is 5.82 Å². The van der Waals surface area contributed by atoms with Crippen LogP contribution in [0.4, 0.5) is 15.9 Å². The zero-order chi connectivity index (χ0) is 14.0. The van der Waals surface area contributed by atoms with Gasteiger partial charge in [-0.25, -0.2) is 14.4 Å². The third kappa shape index (κ3) is 3.14. The molecule has 2 rings (SSSR count). The van der Waals surface area contributed by atoms with Crippen molar-refractivity contribution >= 4 is 34.7 Å². The van der Waals surface area contributed by atoms with Gasteiger partial charge in [-0.2, -0.15) is 0 Å². The van der Waals surface area contributed by atoms with Crippen molar-refractivity contribution in [2.24, 2.45) is 0 Å². The van der Waals surface area contributed by atoms with Crippen molar-refractivity contribution in [3.8, 4) is 0 Å². The molecule has 1 N–H and O–H groups in total. The number of nitrogens with zero attached hydrogens (tertiary/aromatic N) is 2. The summed E-state index contributed by atoms with van der Waals surface area (Å²) in [6.07, 6.45) is 0.646. The fourth-order valence-corrected chi connectivity index (χ4v) is 1.89. The minimum atomic E-state index is -0.406. The van der Waals surface area contributed by atoms with E-state index in [2.05, 4.69) is 15.3 Å². The molecule has 0 unspecified atom stereocenters. The van der Waals surface area contributed by atoms with Crippen LogP contribution in [0.25, 0.3) is 0 Å². The summed E-state index contributed by atoms with van der Waals surface area (Å²) in [6, 6.07) is 4.28. The summed E-state index contributed by atoms with van der Waals surface area (Å²) < 4.78 is 13.7. The van der Waals surface area contributed by atoms with E-state index in [1.807, 2.05) is 6.92 Å². The molecule has 19 heavy (non-hydrogen) atoms. The molecule has 1 heterocycles. The number of nitrogens with one attached hydrogen (secondary N) is 1. The van der Waals surface area contributed by atoms with Crippen LogP contribution < -0.4 is 5.32 Å². The Kier molecular flexibility index (Phi) is 4.22. The van der Waals surface area contributed by atoms with Gasteiger partial charge >= 0.3 is 0 Å². The van der Waals surface area contributed by atoms with E-state index in [-0.39, 0.29) is 5.69 Å². The Labute approximate surface area is 120 Å². The summed E-state index contributed by atoms with van der Waals surface area (Å²) >= 11 is 11.9. The molecule has 6 heteroatoms. The van der Waals surface area contributed by atoms with Gasteiger partial charge in [-0.15, -0.1) is 0 Å². The van der Waals surface area contributed by atoms with Gasteiger partial charge in [-0.1, -0.05) is 30.1 Å². The standard InChI is InChI=1S/C13H12Cl2FN3/c1-3-11-18-12(15)7(2)13(19-11)17-10-6-8(14)4-5-9(10)16/h4-6H,3H2,1-2H3,(H,17,18,19). The highest BCUT2D eigenvalue weighted by molar-refractivity contribution is 6.31. The Balaban J connectivity index is 2.42. The molecule has 0 aliphatic carbocycles. The summed E-state index contributed by atoms with van der Waals surface area (Å²) in [5.41, 5.74) is 0.922. The Hall–Kier alpha value is -1.39. The molecule has 1 aromatic carbocycles. The largest absolute Gasteiger partial charge is 0.337 e. The maximum Gasteiger partial charge on any atom is 0.146 e. The first-order valence-electron chi connectivity index (χ1n) is 5.76. The Morgan fingerprint density at radius 2 is 2.00 bits per heavy atom. The molecular formula is C13H12Cl2FN3. The molecule has 0 fully saturated rings. The lowest BCUT2D eigenvalue weighted by molar-refractivity contribution is 0.631. The Morgan fingerprint density at radius 1 is 1.26 bits per heavy atom. The molecule has 0 aliphatic rings. The SMILES string of the molecule is CCc1nc(Cl)c(C)c(Nc2cc(Cl)ccc2F)n1. The molecule has 2 aromatic rings. The zero-order valence-corrected chi connectivity index (χ0v) is 12.0. The number of hydrogen-bond acceptors (Lipinski definition) is 3. The molecule has 0 spiro atoms. The van der Waals surface area contributed by atoms with Crippen LogP contribution in [0.3, 0.4) is 0 Å². The van der Waals surface area contributed by atoms with E-state index in [9.17, 15) is 4.39 Å². The van der Waals surface area contributed by atoms with E-state index in [1.165, 1.54) is 18.2 Å². The van der Waals surface area contributed by atoms with Gasteiger partial charge in [0.05, 0.1) is 5.69 Å². The predicted molar refractivity (Wildman–Crippen MR) is 75.8 cm³/mol. The monoisotopic (exact) mass is 299 g/mol. The fourth-order valence-electron chi connectivity index (χ4n) is 1.53. The quantitative estimate of drug-likeness (QED) is 0.846. The van der Waals surface area contributed by atoms with Gasteiger partial charge in [0.1, 0.15) is 22.6 Å². The highest BCUT2D eigenvalue weighted by Gasteiger charge is 2.11. The van der Waals surface area contributed by atoms with Crippen molar-refractivity contribution in [3.63, 3.8) is 0 Å². The van der Waals surface area contributed by atoms with Gasteiger partial charge in [0.15, 0.2) is 0 Å². The van der Waals surface area contributed by atoms with Crippen LogP contribution in [0, 0.1) is 12.7 Å². The van der Waals surface area contributed by atoms with Crippen LogP contribution in [0.5, 0.6) is 0 Å². The van der Waals surface area contributed by atoms with Crippen molar-refractivity contribution in [2.45, 2.75) is 20.3 Å². The van der Waals surface area contributed by atoms with Gasteiger partial charge in [0.2, 0.25) is 0 Å². The average molecular weight is 300 g/mol. The molecule has 100 valence electrons. The normalized spacial score (nSPS) is 10.6. The molecule has 3 nitrogen and oxygen atoms in total. The first-order valence-corrected chi connectivity index (χ1v) is 6.52. The van der Waals surface area contributed by atoms with Crippen LogP contribution in [-0.2, 0) is 6.42 Å². The molecule has 0 bridgehead atoms. The molecule has 0 amide bonds. The van der Waals surface area contributed by atoms with Crippen LogP contribution in [0.15, 0.2) is 18.2 Å². The highest BCUT2D eigenvalue weighted by atomic mass is 35.5. The van der Waals surface area contributed by atoms with Crippen molar-refractivity contribution in [1.82, 2.24) is 9.97 Å². The third-order valence-electron chi connectivity index (χ3n) is 2.63. The minimum Gasteiger partial charge on any atom is -0.337 e. The van der Waals surface area contributed by atoms with Crippen molar-refractivity contribution < 1.29 is 4.39 Å². The average Bonchev–Trinajstić information content (AvgIpc) is 2.38. The number of anilines is 2. The highest BCUT2D eigenvalue weighted by Crippen LogP contribution is 2.26.